The molecule has 0 bridgehead atoms. The van der Waals surface area contributed by atoms with Crippen LogP contribution < -0.4 is 11.1 Å². The molecule has 0 radical (unpaired) electrons. The van der Waals surface area contributed by atoms with E-state index in [4.69, 9.17) is 17.3 Å². The molecule has 1 atom stereocenters. The van der Waals surface area contributed by atoms with Crippen LogP contribution >= 0.6 is 11.6 Å². The smallest absolute Gasteiger partial charge is 0.105 e. The number of β-amino-alcohol motifs (C(OH)–C–C–N with tert-alkyl or cyclic N) is 1. The number of anilines is 1. The van der Waals surface area contributed by atoms with Crippen molar-refractivity contribution < 1.29 is 5.11 Å². The SMILES string of the molecule is Nc1ccc(Cl)c(C2(O)CCNC2)c1. The molecule has 0 saturated carbocycles. The molecule has 1 aliphatic rings. The molecule has 1 unspecified atom stereocenters. The van der Waals surface area contributed by atoms with Crippen molar-refractivity contribution in [2.45, 2.75) is 12.0 Å². The van der Waals surface area contributed by atoms with Crippen LogP contribution in [0.4, 0.5) is 5.69 Å². The summed E-state index contributed by atoms with van der Waals surface area (Å²) in [4.78, 5) is 0. The van der Waals surface area contributed by atoms with Crippen LogP contribution in [0.1, 0.15) is 12.0 Å². The zero-order valence-electron chi connectivity index (χ0n) is 7.76. The van der Waals surface area contributed by atoms with Crippen molar-refractivity contribution in [3.8, 4) is 0 Å². The highest BCUT2D eigenvalue weighted by Gasteiger charge is 2.34. The Bertz CT molecular complexity index is 348. The number of halogens is 1. The molecule has 1 aromatic carbocycles. The lowest BCUT2D eigenvalue weighted by atomic mass is 9.93. The van der Waals surface area contributed by atoms with Gasteiger partial charge < -0.3 is 16.2 Å². The molecule has 76 valence electrons. The zero-order chi connectivity index (χ0) is 10.2. The fourth-order valence-electron chi connectivity index (χ4n) is 1.81. The van der Waals surface area contributed by atoms with Gasteiger partial charge in [-0.1, -0.05) is 11.6 Å². The molecule has 2 rings (SSSR count). The molecule has 0 amide bonds. The normalized spacial score (nSPS) is 26.7. The highest BCUT2D eigenvalue weighted by Crippen LogP contribution is 2.33. The minimum atomic E-state index is -0.855. The number of nitrogens with two attached hydrogens (primary N) is 1. The molecule has 1 aliphatic heterocycles. The minimum absolute atomic E-state index is 0.538. The first-order valence-corrected chi connectivity index (χ1v) is 4.98. The molecule has 14 heavy (non-hydrogen) atoms. The molecule has 0 aromatic heterocycles. The lowest BCUT2D eigenvalue weighted by Gasteiger charge is -2.23. The van der Waals surface area contributed by atoms with Crippen molar-refractivity contribution in [2.24, 2.45) is 0 Å². The predicted molar refractivity (Wildman–Crippen MR) is 57.2 cm³/mol. The number of nitrogen functional groups attached to an aromatic ring is 1. The minimum Gasteiger partial charge on any atom is -0.399 e. The summed E-state index contributed by atoms with van der Waals surface area (Å²) in [5, 5.41) is 13.9. The van der Waals surface area contributed by atoms with E-state index >= 15 is 0 Å². The van der Waals surface area contributed by atoms with Crippen molar-refractivity contribution in [1.82, 2.24) is 5.32 Å². The molecule has 0 aliphatic carbocycles. The van der Waals surface area contributed by atoms with Gasteiger partial charge in [0.05, 0.1) is 0 Å². The Morgan fingerprint density at radius 3 is 2.93 bits per heavy atom. The molecule has 4 N–H and O–H groups in total. The third-order valence-electron chi connectivity index (χ3n) is 2.62. The van der Waals surface area contributed by atoms with E-state index in [1.807, 2.05) is 0 Å². The van der Waals surface area contributed by atoms with E-state index in [0.29, 0.717) is 23.7 Å². The van der Waals surface area contributed by atoms with E-state index in [0.717, 1.165) is 12.1 Å². The van der Waals surface area contributed by atoms with E-state index < -0.39 is 5.60 Å². The van der Waals surface area contributed by atoms with Gasteiger partial charge >= 0.3 is 0 Å². The Balaban J connectivity index is 2.44. The zero-order valence-corrected chi connectivity index (χ0v) is 8.51. The van der Waals surface area contributed by atoms with Gasteiger partial charge in [0.2, 0.25) is 0 Å². The maximum absolute atomic E-state index is 10.3. The van der Waals surface area contributed by atoms with Crippen molar-refractivity contribution in [2.75, 3.05) is 18.8 Å². The Kier molecular flexibility index (Phi) is 2.39. The molecule has 4 heteroatoms. The van der Waals surface area contributed by atoms with Crippen molar-refractivity contribution in [1.29, 1.82) is 0 Å². The second kappa shape index (κ2) is 3.42. The quantitative estimate of drug-likeness (QED) is 0.612. The lowest BCUT2D eigenvalue weighted by molar-refractivity contribution is 0.0589. The second-order valence-corrected chi connectivity index (χ2v) is 4.10. The Morgan fingerprint density at radius 2 is 2.29 bits per heavy atom. The Labute approximate surface area is 87.9 Å². The van der Waals surface area contributed by atoms with E-state index in [1.54, 1.807) is 18.2 Å². The number of aliphatic hydroxyl groups is 1. The fourth-order valence-corrected chi connectivity index (χ4v) is 2.10. The van der Waals surface area contributed by atoms with Crippen molar-refractivity contribution in [3.05, 3.63) is 28.8 Å². The summed E-state index contributed by atoms with van der Waals surface area (Å²) in [6.07, 6.45) is 0.677. The number of benzene rings is 1. The van der Waals surface area contributed by atoms with Gasteiger partial charge in [-0.15, -0.1) is 0 Å². The monoisotopic (exact) mass is 212 g/mol. The summed E-state index contributed by atoms with van der Waals surface area (Å²) in [6.45, 7) is 1.35. The third kappa shape index (κ3) is 1.59. The number of nitrogens with one attached hydrogen (secondary N) is 1. The van der Waals surface area contributed by atoms with E-state index in [2.05, 4.69) is 5.32 Å². The Hall–Kier alpha value is -0.770. The topological polar surface area (TPSA) is 58.3 Å². The molecule has 1 saturated heterocycles. The van der Waals surface area contributed by atoms with Crippen LogP contribution in [0.5, 0.6) is 0 Å². The summed E-state index contributed by atoms with van der Waals surface area (Å²) >= 11 is 6.02. The highest BCUT2D eigenvalue weighted by molar-refractivity contribution is 6.31. The van der Waals surface area contributed by atoms with Gasteiger partial charge in [0.1, 0.15) is 5.60 Å². The largest absolute Gasteiger partial charge is 0.399 e. The molecular formula is C10H13ClN2O. The summed E-state index contributed by atoms with van der Waals surface area (Å²) in [5.74, 6) is 0. The predicted octanol–water partition coefficient (Wildman–Crippen LogP) is 1.10. The first-order valence-electron chi connectivity index (χ1n) is 4.60. The number of rotatable bonds is 1. The van der Waals surface area contributed by atoms with Crippen LogP contribution in [-0.4, -0.2) is 18.2 Å². The van der Waals surface area contributed by atoms with E-state index in [-0.39, 0.29) is 0 Å². The van der Waals surface area contributed by atoms with Gasteiger partial charge in [-0.25, -0.2) is 0 Å². The average molecular weight is 213 g/mol. The van der Waals surface area contributed by atoms with Crippen LogP contribution in [0.15, 0.2) is 18.2 Å². The van der Waals surface area contributed by atoms with Crippen LogP contribution in [0.2, 0.25) is 5.02 Å². The highest BCUT2D eigenvalue weighted by atomic mass is 35.5. The van der Waals surface area contributed by atoms with Crippen LogP contribution in [0, 0.1) is 0 Å². The van der Waals surface area contributed by atoms with Gasteiger partial charge in [0.15, 0.2) is 0 Å². The summed E-state index contributed by atoms with van der Waals surface area (Å²) in [5.41, 5.74) is 6.16. The first kappa shape index (κ1) is 9.77. The van der Waals surface area contributed by atoms with Gasteiger partial charge in [-0.3, -0.25) is 0 Å². The molecule has 0 spiro atoms. The van der Waals surface area contributed by atoms with Crippen LogP contribution in [-0.2, 0) is 5.60 Å². The molecule has 1 aromatic rings. The van der Waals surface area contributed by atoms with E-state index in [1.165, 1.54) is 0 Å². The number of hydrogen-bond acceptors (Lipinski definition) is 3. The summed E-state index contributed by atoms with van der Waals surface area (Å²) in [7, 11) is 0. The van der Waals surface area contributed by atoms with E-state index in [9.17, 15) is 5.11 Å². The molecule has 1 heterocycles. The maximum atomic E-state index is 10.3. The van der Waals surface area contributed by atoms with Crippen molar-refractivity contribution >= 4 is 17.3 Å². The van der Waals surface area contributed by atoms with Crippen LogP contribution in [0.3, 0.4) is 0 Å². The second-order valence-electron chi connectivity index (χ2n) is 3.70. The molecular weight excluding hydrogens is 200 g/mol. The lowest BCUT2D eigenvalue weighted by Crippen LogP contribution is -2.28. The van der Waals surface area contributed by atoms with Crippen LogP contribution in [0.25, 0.3) is 0 Å². The van der Waals surface area contributed by atoms with Gasteiger partial charge in [-0.2, -0.15) is 0 Å². The summed E-state index contributed by atoms with van der Waals surface area (Å²) < 4.78 is 0. The summed E-state index contributed by atoms with van der Waals surface area (Å²) in [6, 6.07) is 5.20. The van der Waals surface area contributed by atoms with Gasteiger partial charge in [0, 0.05) is 22.8 Å². The van der Waals surface area contributed by atoms with Gasteiger partial charge in [-0.05, 0) is 31.2 Å². The maximum Gasteiger partial charge on any atom is 0.105 e. The fraction of sp³-hybridized carbons (Fsp3) is 0.400. The average Bonchev–Trinajstić information content (AvgIpc) is 2.58. The molecule has 3 nitrogen and oxygen atoms in total. The first-order chi connectivity index (χ1) is 6.62. The van der Waals surface area contributed by atoms with Gasteiger partial charge in [0.25, 0.3) is 0 Å². The van der Waals surface area contributed by atoms with Crippen molar-refractivity contribution in [3.63, 3.8) is 0 Å². The number of hydrogen-bond donors (Lipinski definition) is 3. The standard InChI is InChI=1S/C10H13ClN2O/c11-9-2-1-7(12)5-8(9)10(14)3-4-13-6-10/h1-2,5,13-14H,3-4,6,12H2. The Morgan fingerprint density at radius 1 is 1.50 bits per heavy atom. The third-order valence-corrected chi connectivity index (χ3v) is 2.95. The molecule has 1 fully saturated rings.